The van der Waals surface area contributed by atoms with Crippen LogP contribution in [0.4, 0.5) is 5.13 Å². The molecule has 3 aromatic rings. The van der Waals surface area contributed by atoms with Crippen LogP contribution < -0.4 is 20.3 Å². The van der Waals surface area contributed by atoms with Crippen molar-refractivity contribution in [3.8, 4) is 22.8 Å². The van der Waals surface area contributed by atoms with Gasteiger partial charge in [0.2, 0.25) is 11.0 Å². The Balaban J connectivity index is 1.47. The van der Waals surface area contributed by atoms with E-state index in [1.807, 2.05) is 6.07 Å². The van der Waals surface area contributed by atoms with Crippen molar-refractivity contribution in [1.82, 2.24) is 20.0 Å². The summed E-state index contributed by atoms with van der Waals surface area (Å²) in [7, 11) is 3.11. The molecule has 0 aliphatic heterocycles. The zero-order chi connectivity index (χ0) is 22.5. The molecule has 1 N–H and O–H groups in total. The van der Waals surface area contributed by atoms with Gasteiger partial charge >= 0.3 is 0 Å². The predicted molar refractivity (Wildman–Crippen MR) is 121 cm³/mol. The average molecular weight is 456 g/mol. The third-order valence-corrected chi connectivity index (χ3v) is 6.48. The molecular weight excluding hydrogens is 430 g/mol. The zero-order valence-corrected chi connectivity index (χ0v) is 18.9. The number of hydrogen-bond donors (Lipinski definition) is 1. The van der Waals surface area contributed by atoms with E-state index in [0.29, 0.717) is 28.2 Å². The second-order valence-corrected chi connectivity index (χ2v) is 8.62. The summed E-state index contributed by atoms with van der Waals surface area (Å²) in [6.07, 6.45) is 5.91. The fourth-order valence-corrected chi connectivity index (χ4v) is 4.73. The molecule has 9 nitrogen and oxygen atoms in total. The van der Waals surface area contributed by atoms with Gasteiger partial charge in [0.05, 0.1) is 19.9 Å². The molecule has 0 spiro atoms. The van der Waals surface area contributed by atoms with Crippen molar-refractivity contribution in [3.63, 3.8) is 0 Å². The van der Waals surface area contributed by atoms with Gasteiger partial charge < -0.3 is 9.47 Å². The highest BCUT2D eigenvalue weighted by Gasteiger charge is 2.20. The number of methoxy groups -OCH3 is 2. The van der Waals surface area contributed by atoms with Gasteiger partial charge in [-0.1, -0.05) is 30.6 Å². The number of amides is 1. The molecule has 10 heteroatoms. The van der Waals surface area contributed by atoms with E-state index < -0.39 is 0 Å². The highest BCUT2D eigenvalue weighted by atomic mass is 32.1. The first kappa shape index (κ1) is 21.9. The molecule has 0 bridgehead atoms. The van der Waals surface area contributed by atoms with Crippen LogP contribution in [0.2, 0.25) is 0 Å². The van der Waals surface area contributed by atoms with Gasteiger partial charge in [-0.05, 0) is 37.1 Å². The minimum absolute atomic E-state index is 0.224. The summed E-state index contributed by atoms with van der Waals surface area (Å²) in [6, 6.07) is 8.34. The molecule has 1 saturated carbocycles. The monoisotopic (exact) mass is 455 g/mol. The normalized spacial score (nSPS) is 14.2. The van der Waals surface area contributed by atoms with Crippen LogP contribution in [0.25, 0.3) is 11.3 Å². The van der Waals surface area contributed by atoms with Crippen LogP contribution in [-0.4, -0.2) is 40.1 Å². The molecule has 0 unspecified atom stereocenters. The Morgan fingerprint density at radius 2 is 1.88 bits per heavy atom. The maximum absolute atomic E-state index is 12.5. The number of anilines is 1. The molecule has 0 atom stereocenters. The number of benzene rings is 1. The van der Waals surface area contributed by atoms with Crippen LogP contribution in [0.5, 0.6) is 11.5 Å². The van der Waals surface area contributed by atoms with Gasteiger partial charge in [0.15, 0.2) is 11.5 Å². The van der Waals surface area contributed by atoms with Crippen LogP contribution in [0.3, 0.4) is 0 Å². The van der Waals surface area contributed by atoms with Crippen LogP contribution in [0.15, 0.2) is 35.1 Å². The van der Waals surface area contributed by atoms with E-state index in [4.69, 9.17) is 9.47 Å². The zero-order valence-electron chi connectivity index (χ0n) is 18.0. The Hall–Kier alpha value is -3.27. The van der Waals surface area contributed by atoms with Gasteiger partial charge in [-0.3, -0.25) is 14.9 Å². The van der Waals surface area contributed by atoms with Crippen molar-refractivity contribution in [2.24, 2.45) is 0 Å². The summed E-state index contributed by atoms with van der Waals surface area (Å²) in [5.74, 6) is 1.19. The molecule has 2 aromatic heterocycles. The van der Waals surface area contributed by atoms with Crippen molar-refractivity contribution in [2.75, 3.05) is 19.5 Å². The van der Waals surface area contributed by atoms with Gasteiger partial charge in [-0.25, -0.2) is 4.68 Å². The summed E-state index contributed by atoms with van der Waals surface area (Å²) in [4.78, 5) is 24.8. The minimum Gasteiger partial charge on any atom is -0.493 e. The maximum Gasteiger partial charge on any atom is 0.267 e. The van der Waals surface area contributed by atoms with Crippen LogP contribution >= 0.6 is 11.3 Å². The molecule has 1 aromatic carbocycles. The summed E-state index contributed by atoms with van der Waals surface area (Å²) < 4.78 is 11.7. The topological polar surface area (TPSA) is 108 Å². The number of hydrogen-bond acceptors (Lipinski definition) is 8. The van der Waals surface area contributed by atoms with E-state index in [-0.39, 0.29) is 18.0 Å². The molecule has 32 heavy (non-hydrogen) atoms. The SMILES string of the molecule is COc1ccc(-c2ccc(=O)n(CC(=O)Nc3nnc(C4CCCCC4)s3)n2)cc1OC. The molecule has 1 aliphatic rings. The Morgan fingerprint density at radius 3 is 2.62 bits per heavy atom. The molecular formula is C22H25N5O4S. The van der Waals surface area contributed by atoms with E-state index in [2.05, 4.69) is 20.6 Å². The van der Waals surface area contributed by atoms with Crippen molar-refractivity contribution < 1.29 is 14.3 Å². The lowest BCUT2D eigenvalue weighted by atomic mass is 9.90. The molecule has 1 fully saturated rings. The number of nitrogens with one attached hydrogen (secondary N) is 1. The Kier molecular flexibility index (Phi) is 6.79. The lowest BCUT2D eigenvalue weighted by Gasteiger charge is -2.18. The fraction of sp³-hybridized carbons (Fsp3) is 0.409. The molecule has 1 amide bonds. The van der Waals surface area contributed by atoms with Crippen LogP contribution in [0.1, 0.15) is 43.0 Å². The van der Waals surface area contributed by atoms with E-state index in [0.717, 1.165) is 28.1 Å². The number of carbonyl (C=O) groups is 1. The van der Waals surface area contributed by atoms with Gasteiger partial charge in [-0.2, -0.15) is 5.10 Å². The van der Waals surface area contributed by atoms with E-state index in [9.17, 15) is 9.59 Å². The smallest absolute Gasteiger partial charge is 0.267 e. The van der Waals surface area contributed by atoms with E-state index in [1.165, 1.54) is 36.7 Å². The Labute approximate surface area is 189 Å². The van der Waals surface area contributed by atoms with Crippen LogP contribution in [-0.2, 0) is 11.3 Å². The van der Waals surface area contributed by atoms with E-state index in [1.54, 1.807) is 32.4 Å². The average Bonchev–Trinajstić information content (AvgIpc) is 3.29. The third-order valence-electron chi connectivity index (χ3n) is 5.48. The Bertz CT molecular complexity index is 1150. The second-order valence-electron chi connectivity index (χ2n) is 7.61. The second kappa shape index (κ2) is 9.90. The molecule has 0 saturated heterocycles. The summed E-state index contributed by atoms with van der Waals surface area (Å²) in [5.41, 5.74) is 0.899. The standard InChI is InChI=1S/C22H25N5O4S/c1-30-17-10-8-15(12-18(17)31-2)16-9-11-20(29)27(26-16)13-19(28)23-22-25-24-21(32-22)14-6-4-3-5-7-14/h8-12,14H,3-7,13H2,1-2H3,(H,23,25,28). The van der Waals surface area contributed by atoms with Crippen molar-refractivity contribution in [1.29, 1.82) is 0 Å². The van der Waals surface area contributed by atoms with Gasteiger partial charge in [0.25, 0.3) is 5.56 Å². The van der Waals surface area contributed by atoms with Crippen molar-refractivity contribution in [3.05, 3.63) is 45.7 Å². The first-order valence-electron chi connectivity index (χ1n) is 10.5. The summed E-state index contributed by atoms with van der Waals surface area (Å²) in [6.45, 7) is -0.224. The van der Waals surface area contributed by atoms with E-state index >= 15 is 0 Å². The molecule has 4 rings (SSSR count). The fourth-order valence-electron chi connectivity index (χ4n) is 3.81. The maximum atomic E-state index is 12.5. The predicted octanol–water partition coefficient (Wildman–Crippen LogP) is 3.47. The van der Waals surface area contributed by atoms with Crippen molar-refractivity contribution in [2.45, 2.75) is 44.6 Å². The van der Waals surface area contributed by atoms with Gasteiger partial charge in [0.1, 0.15) is 11.6 Å². The number of aromatic nitrogens is 4. The molecule has 2 heterocycles. The van der Waals surface area contributed by atoms with Gasteiger partial charge in [-0.15, -0.1) is 10.2 Å². The molecule has 1 aliphatic carbocycles. The number of nitrogens with zero attached hydrogens (tertiary/aromatic N) is 4. The first-order valence-corrected chi connectivity index (χ1v) is 11.3. The molecule has 168 valence electrons. The number of ether oxygens (including phenoxy) is 2. The highest BCUT2D eigenvalue weighted by molar-refractivity contribution is 7.15. The summed E-state index contributed by atoms with van der Waals surface area (Å²) in [5, 5.41) is 16.8. The lowest BCUT2D eigenvalue weighted by molar-refractivity contribution is -0.117. The van der Waals surface area contributed by atoms with Crippen molar-refractivity contribution >= 4 is 22.4 Å². The molecule has 0 radical (unpaired) electrons. The van der Waals surface area contributed by atoms with Crippen LogP contribution in [0, 0.1) is 0 Å². The third kappa shape index (κ3) is 4.96. The lowest BCUT2D eigenvalue weighted by Crippen LogP contribution is -2.29. The minimum atomic E-state index is -0.379. The summed E-state index contributed by atoms with van der Waals surface area (Å²) >= 11 is 1.40. The largest absolute Gasteiger partial charge is 0.493 e. The Morgan fingerprint density at radius 1 is 1.09 bits per heavy atom. The number of rotatable bonds is 7. The first-order chi connectivity index (χ1) is 15.6. The highest BCUT2D eigenvalue weighted by Crippen LogP contribution is 2.35. The quantitative estimate of drug-likeness (QED) is 0.581. The number of carbonyl (C=O) groups excluding carboxylic acids is 1. The van der Waals surface area contributed by atoms with Gasteiger partial charge in [0, 0.05) is 17.5 Å².